The Labute approximate surface area is 218 Å². The number of hydrogen-bond donors (Lipinski definition) is 2. The van der Waals surface area contributed by atoms with Crippen molar-refractivity contribution in [2.45, 2.75) is 49.8 Å². The van der Waals surface area contributed by atoms with E-state index in [0.29, 0.717) is 36.1 Å². The van der Waals surface area contributed by atoms with Crippen molar-refractivity contribution in [2.24, 2.45) is 0 Å². The number of ether oxygens (including phenoxy) is 1. The molecule has 0 saturated heterocycles. The lowest BCUT2D eigenvalue weighted by Gasteiger charge is -2.20. The van der Waals surface area contributed by atoms with Gasteiger partial charge in [0.15, 0.2) is 5.78 Å². The van der Waals surface area contributed by atoms with Crippen LogP contribution in [0, 0.1) is 0 Å². The molecule has 2 atom stereocenters. The largest absolute Gasteiger partial charge is 0.489 e. The summed E-state index contributed by atoms with van der Waals surface area (Å²) in [6, 6.07) is 28.2. The number of benzene rings is 4. The van der Waals surface area contributed by atoms with Gasteiger partial charge in [-0.2, -0.15) is 0 Å². The number of Topliss-reactive ketones (excluding diaryl/α,β-unsaturated/α-hetero) is 1. The predicted octanol–water partition coefficient (Wildman–Crippen LogP) is 5.56. The Kier molecular flexibility index (Phi) is 8.71. The van der Waals surface area contributed by atoms with E-state index in [2.05, 4.69) is 4.72 Å². The van der Waals surface area contributed by atoms with Crippen LogP contribution >= 0.6 is 0 Å². The quantitative estimate of drug-likeness (QED) is 0.257. The van der Waals surface area contributed by atoms with Gasteiger partial charge in [-0.1, -0.05) is 92.2 Å². The predicted molar refractivity (Wildman–Crippen MR) is 145 cm³/mol. The van der Waals surface area contributed by atoms with Gasteiger partial charge >= 0.3 is 0 Å². The fourth-order valence-corrected chi connectivity index (χ4v) is 5.79. The lowest BCUT2D eigenvalue weighted by Crippen LogP contribution is -2.37. The Morgan fingerprint density at radius 2 is 1.57 bits per heavy atom. The van der Waals surface area contributed by atoms with E-state index in [1.54, 1.807) is 48.5 Å². The number of rotatable bonds is 12. The maximum Gasteiger partial charge on any atom is 0.241 e. The van der Waals surface area contributed by atoms with Crippen molar-refractivity contribution in [3.8, 4) is 5.75 Å². The number of aliphatic hydroxyl groups is 1. The van der Waals surface area contributed by atoms with Gasteiger partial charge in [-0.25, -0.2) is 13.1 Å². The highest BCUT2D eigenvalue weighted by Gasteiger charge is 2.26. The summed E-state index contributed by atoms with van der Waals surface area (Å²) in [6.45, 7) is 2.34. The minimum absolute atomic E-state index is 0.120. The maximum absolute atomic E-state index is 13.3. The number of carbonyl (C=O) groups is 1. The first-order valence-corrected chi connectivity index (χ1v) is 13.8. The number of sulfonamides is 1. The van der Waals surface area contributed by atoms with Crippen LogP contribution in [0.25, 0.3) is 10.8 Å². The molecule has 0 amide bonds. The van der Waals surface area contributed by atoms with Crippen molar-refractivity contribution in [1.29, 1.82) is 0 Å². The Balaban J connectivity index is 1.41. The van der Waals surface area contributed by atoms with Crippen molar-refractivity contribution in [3.05, 3.63) is 108 Å². The van der Waals surface area contributed by atoms with E-state index in [0.717, 1.165) is 10.9 Å². The molecule has 0 aliphatic rings. The molecule has 7 heteroatoms. The molecule has 0 heterocycles. The average molecular weight is 518 g/mol. The minimum Gasteiger partial charge on any atom is -0.489 e. The summed E-state index contributed by atoms with van der Waals surface area (Å²) in [4.78, 5) is 13.1. The number of aliphatic hydroxyl groups excluding tert-OH is 1. The van der Waals surface area contributed by atoms with Gasteiger partial charge in [-0.05, 0) is 41.1 Å². The third-order valence-corrected chi connectivity index (χ3v) is 7.77. The molecule has 4 rings (SSSR count). The molecular formula is C30H31NO5S. The van der Waals surface area contributed by atoms with Crippen LogP contribution in [0.15, 0.2) is 102 Å². The number of hydrogen-bond acceptors (Lipinski definition) is 5. The molecule has 0 aliphatic carbocycles. The second-order valence-corrected chi connectivity index (χ2v) is 10.7. The van der Waals surface area contributed by atoms with Gasteiger partial charge in [0.2, 0.25) is 10.0 Å². The van der Waals surface area contributed by atoms with E-state index in [-0.39, 0.29) is 11.3 Å². The highest BCUT2D eigenvalue weighted by atomic mass is 32.2. The molecule has 4 aromatic carbocycles. The summed E-state index contributed by atoms with van der Waals surface area (Å²) in [5.41, 5.74) is 1.47. The van der Waals surface area contributed by atoms with E-state index < -0.39 is 28.0 Å². The van der Waals surface area contributed by atoms with E-state index in [1.165, 1.54) is 0 Å². The molecule has 37 heavy (non-hydrogen) atoms. The van der Waals surface area contributed by atoms with Gasteiger partial charge in [0.05, 0.1) is 4.90 Å². The molecule has 2 N–H and O–H groups in total. The minimum atomic E-state index is -3.88. The standard InChI is InChI=1S/C30H31NO5S/c1-2-9-25(31-37(34,35)29-15-8-13-23-12-6-7-14-27(23)29)20-28(32)30(33)24-16-18-26(19-17-24)36-21-22-10-4-3-5-11-22/h3-8,10-19,25,30-31,33H,2,9,20-21H2,1H3. The summed E-state index contributed by atoms with van der Waals surface area (Å²) in [7, 11) is -3.88. The number of ketones is 1. The van der Waals surface area contributed by atoms with Crippen molar-refractivity contribution in [1.82, 2.24) is 4.72 Å². The molecular weight excluding hydrogens is 486 g/mol. The average Bonchev–Trinajstić information content (AvgIpc) is 2.92. The molecule has 0 saturated carbocycles. The molecule has 4 aromatic rings. The smallest absolute Gasteiger partial charge is 0.241 e. The van der Waals surface area contributed by atoms with Gasteiger partial charge < -0.3 is 9.84 Å². The van der Waals surface area contributed by atoms with Gasteiger partial charge in [0, 0.05) is 17.8 Å². The van der Waals surface area contributed by atoms with Crippen molar-refractivity contribution < 1.29 is 23.1 Å². The third kappa shape index (κ3) is 6.83. The normalized spacial score (nSPS) is 13.2. The first-order valence-electron chi connectivity index (χ1n) is 12.3. The van der Waals surface area contributed by atoms with Gasteiger partial charge in [-0.15, -0.1) is 0 Å². The first-order chi connectivity index (χ1) is 17.9. The first kappa shape index (κ1) is 26.5. The van der Waals surface area contributed by atoms with Crippen molar-refractivity contribution in [2.75, 3.05) is 0 Å². The van der Waals surface area contributed by atoms with Crippen LogP contribution in [0.2, 0.25) is 0 Å². The van der Waals surface area contributed by atoms with Crippen molar-refractivity contribution >= 4 is 26.6 Å². The molecule has 0 aromatic heterocycles. The Morgan fingerprint density at radius 3 is 2.30 bits per heavy atom. The van der Waals surface area contributed by atoms with E-state index in [4.69, 9.17) is 4.74 Å². The van der Waals surface area contributed by atoms with E-state index in [1.807, 2.05) is 55.5 Å². The van der Waals surface area contributed by atoms with Gasteiger partial charge in [-0.3, -0.25) is 4.79 Å². The fraction of sp³-hybridized carbons (Fsp3) is 0.233. The molecule has 2 unspecified atom stereocenters. The second-order valence-electron chi connectivity index (χ2n) is 9.00. The SMILES string of the molecule is CCCC(CC(=O)C(O)c1ccc(OCc2ccccc2)cc1)NS(=O)(=O)c1cccc2ccccc12. The summed E-state index contributed by atoms with van der Waals surface area (Å²) in [5.74, 6) is 0.177. The zero-order chi connectivity index (χ0) is 26.3. The Hall–Kier alpha value is -3.52. The molecule has 192 valence electrons. The van der Waals surface area contributed by atoms with Crippen LogP contribution < -0.4 is 9.46 Å². The lowest BCUT2D eigenvalue weighted by atomic mass is 9.99. The topological polar surface area (TPSA) is 92.7 Å². The third-order valence-electron chi connectivity index (χ3n) is 6.19. The molecule has 0 fully saturated rings. The summed E-state index contributed by atoms with van der Waals surface area (Å²) in [6.07, 6.45) is -0.330. The van der Waals surface area contributed by atoms with Crippen molar-refractivity contribution in [3.63, 3.8) is 0 Å². The van der Waals surface area contributed by atoms with Crippen LogP contribution in [-0.2, 0) is 21.4 Å². The lowest BCUT2D eigenvalue weighted by molar-refractivity contribution is -0.127. The van der Waals surface area contributed by atoms with Crippen LogP contribution in [0.4, 0.5) is 0 Å². The maximum atomic E-state index is 13.3. The molecule has 0 bridgehead atoms. The monoisotopic (exact) mass is 517 g/mol. The molecule has 0 aliphatic heterocycles. The van der Waals surface area contributed by atoms with E-state index in [9.17, 15) is 18.3 Å². The Bertz CT molecular complexity index is 1430. The number of carbonyl (C=O) groups excluding carboxylic acids is 1. The van der Waals surface area contributed by atoms with Crippen LogP contribution in [0.3, 0.4) is 0 Å². The van der Waals surface area contributed by atoms with Crippen LogP contribution in [0.5, 0.6) is 5.75 Å². The Morgan fingerprint density at radius 1 is 0.892 bits per heavy atom. The zero-order valence-electron chi connectivity index (χ0n) is 20.7. The number of fused-ring (bicyclic) bond motifs is 1. The molecule has 6 nitrogen and oxygen atoms in total. The molecule has 0 spiro atoms. The second kappa shape index (κ2) is 12.1. The fourth-order valence-electron chi connectivity index (χ4n) is 4.29. The summed E-state index contributed by atoms with van der Waals surface area (Å²) < 4.78 is 35.0. The molecule has 0 radical (unpaired) electrons. The number of nitrogens with one attached hydrogen (secondary N) is 1. The van der Waals surface area contributed by atoms with Gasteiger partial charge in [0.25, 0.3) is 0 Å². The summed E-state index contributed by atoms with van der Waals surface area (Å²) >= 11 is 0. The van der Waals surface area contributed by atoms with Crippen LogP contribution in [-0.4, -0.2) is 25.3 Å². The van der Waals surface area contributed by atoms with E-state index >= 15 is 0 Å². The highest BCUT2D eigenvalue weighted by Crippen LogP contribution is 2.25. The summed E-state index contributed by atoms with van der Waals surface area (Å²) in [5, 5.41) is 12.1. The van der Waals surface area contributed by atoms with Crippen LogP contribution in [0.1, 0.15) is 43.4 Å². The zero-order valence-corrected chi connectivity index (χ0v) is 21.5. The van der Waals surface area contributed by atoms with Gasteiger partial charge in [0.1, 0.15) is 18.5 Å². The highest BCUT2D eigenvalue weighted by molar-refractivity contribution is 7.89.